The maximum Gasteiger partial charge on any atom is 0.228 e. The number of anilines is 1. The van der Waals surface area contributed by atoms with Crippen molar-refractivity contribution in [2.45, 2.75) is 38.6 Å². The van der Waals surface area contributed by atoms with E-state index in [0.29, 0.717) is 18.7 Å². The molecule has 3 nitrogen and oxygen atoms in total. The van der Waals surface area contributed by atoms with Crippen molar-refractivity contribution in [3.05, 3.63) is 30.1 Å². The highest BCUT2D eigenvalue weighted by Gasteiger charge is 2.22. The Kier molecular flexibility index (Phi) is 4.91. The van der Waals surface area contributed by atoms with Crippen molar-refractivity contribution in [1.29, 1.82) is 0 Å². The van der Waals surface area contributed by atoms with E-state index in [-0.39, 0.29) is 17.8 Å². The molecule has 0 aliphatic carbocycles. The van der Waals surface area contributed by atoms with Gasteiger partial charge in [-0.1, -0.05) is 18.6 Å². The number of amides is 1. The van der Waals surface area contributed by atoms with Crippen LogP contribution >= 0.6 is 0 Å². The number of nitrogens with one attached hydrogen (secondary N) is 1. The summed E-state index contributed by atoms with van der Waals surface area (Å²) in [6.45, 7) is 3.34. The Morgan fingerprint density at radius 1 is 1.42 bits per heavy atom. The van der Waals surface area contributed by atoms with Gasteiger partial charge in [-0.2, -0.15) is 0 Å². The predicted octanol–water partition coefficient (Wildman–Crippen LogP) is 2.71. The average Bonchev–Trinajstić information content (AvgIpc) is 2.43. The minimum Gasteiger partial charge on any atom is -0.313 e. The number of rotatable bonds is 4. The van der Waals surface area contributed by atoms with E-state index in [4.69, 9.17) is 0 Å². The molecule has 1 aliphatic rings. The van der Waals surface area contributed by atoms with Crippen molar-refractivity contribution in [2.24, 2.45) is 0 Å². The summed E-state index contributed by atoms with van der Waals surface area (Å²) >= 11 is 0. The van der Waals surface area contributed by atoms with Crippen LogP contribution in [0.5, 0.6) is 0 Å². The normalized spacial score (nSPS) is 19.2. The van der Waals surface area contributed by atoms with Crippen molar-refractivity contribution in [2.75, 3.05) is 18.0 Å². The van der Waals surface area contributed by atoms with Gasteiger partial charge in [-0.15, -0.1) is 0 Å². The van der Waals surface area contributed by atoms with Gasteiger partial charge in [0.1, 0.15) is 5.82 Å². The summed E-state index contributed by atoms with van der Waals surface area (Å²) in [7, 11) is 0. The number of benzene rings is 1. The molecule has 1 unspecified atom stereocenters. The Balaban J connectivity index is 2.04. The van der Waals surface area contributed by atoms with Crippen molar-refractivity contribution < 1.29 is 9.18 Å². The van der Waals surface area contributed by atoms with Gasteiger partial charge in [-0.25, -0.2) is 4.39 Å². The van der Waals surface area contributed by atoms with Crippen LogP contribution in [0.25, 0.3) is 0 Å². The molecule has 0 saturated carbocycles. The lowest BCUT2D eigenvalue weighted by Gasteiger charge is -2.27. The minimum absolute atomic E-state index is 0.00741. The van der Waals surface area contributed by atoms with Gasteiger partial charge in [0, 0.05) is 19.0 Å². The van der Waals surface area contributed by atoms with Gasteiger partial charge < -0.3 is 10.2 Å². The van der Waals surface area contributed by atoms with Gasteiger partial charge in [-0.05, 0) is 38.4 Å². The average molecular weight is 264 g/mol. The molecule has 1 aliphatic heterocycles. The van der Waals surface area contributed by atoms with Crippen molar-refractivity contribution in [3.8, 4) is 0 Å². The van der Waals surface area contributed by atoms with E-state index in [1.54, 1.807) is 18.2 Å². The van der Waals surface area contributed by atoms with Gasteiger partial charge >= 0.3 is 0 Å². The zero-order chi connectivity index (χ0) is 13.7. The van der Waals surface area contributed by atoms with Gasteiger partial charge in [0.05, 0.1) is 5.69 Å². The lowest BCUT2D eigenvalue weighted by Crippen LogP contribution is -2.40. The Bertz CT molecular complexity index is 430. The smallest absolute Gasteiger partial charge is 0.228 e. The van der Waals surface area contributed by atoms with Crippen LogP contribution in [0, 0.1) is 5.82 Å². The fourth-order valence-electron chi connectivity index (χ4n) is 2.57. The molecule has 1 aromatic rings. The standard InChI is InChI=1S/C15H21FN2O/c1-2-18(14-9-4-3-8-13(14)16)15(19)11-12-7-5-6-10-17-12/h3-4,8-9,12,17H,2,5-7,10-11H2,1H3. The van der Waals surface area contributed by atoms with Gasteiger partial charge in [0.2, 0.25) is 5.91 Å². The maximum atomic E-state index is 13.8. The molecule has 2 rings (SSSR count). The zero-order valence-electron chi connectivity index (χ0n) is 11.4. The van der Waals surface area contributed by atoms with E-state index in [2.05, 4.69) is 5.32 Å². The predicted molar refractivity (Wildman–Crippen MR) is 74.7 cm³/mol. The molecular weight excluding hydrogens is 243 g/mol. The summed E-state index contributed by atoms with van der Waals surface area (Å²) in [5.41, 5.74) is 0.380. The van der Waals surface area contributed by atoms with Crippen LogP contribution < -0.4 is 10.2 Å². The number of nitrogens with zero attached hydrogens (tertiary/aromatic N) is 1. The monoisotopic (exact) mass is 264 g/mol. The Morgan fingerprint density at radius 3 is 2.84 bits per heavy atom. The molecule has 1 aromatic carbocycles. The van der Waals surface area contributed by atoms with Crippen molar-refractivity contribution >= 4 is 11.6 Å². The molecule has 0 spiro atoms. The van der Waals surface area contributed by atoms with Crippen LogP contribution in [0.2, 0.25) is 0 Å². The lowest BCUT2D eigenvalue weighted by molar-refractivity contribution is -0.119. The second kappa shape index (κ2) is 6.66. The Morgan fingerprint density at radius 2 is 2.21 bits per heavy atom. The molecule has 1 amide bonds. The van der Waals surface area contributed by atoms with E-state index in [1.165, 1.54) is 17.4 Å². The SMILES string of the molecule is CCN(C(=O)CC1CCCCN1)c1ccccc1F. The first-order valence-electron chi connectivity index (χ1n) is 7.00. The summed E-state index contributed by atoms with van der Waals surface area (Å²) in [4.78, 5) is 13.8. The fourth-order valence-corrected chi connectivity index (χ4v) is 2.57. The van der Waals surface area contributed by atoms with E-state index in [0.717, 1.165) is 19.4 Å². The molecule has 1 saturated heterocycles. The third-order valence-electron chi connectivity index (χ3n) is 3.59. The molecule has 4 heteroatoms. The molecule has 19 heavy (non-hydrogen) atoms. The summed E-state index contributed by atoms with van der Waals surface area (Å²) in [5, 5.41) is 3.35. The van der Waals surface area contributed by atoms with Crippen LogP contribution in [0.4, 0.5) is 10.1 Å². The van der Waals surface area contributed by atoms with E-state index in [9.17, 15) is 9.18 Å². The van der Waals surface area contributed by atoms with E-state index < -0.39 is 0 Å². The second-order valence-corrected chi connectivity index (χ2v) is 4.94. The molecular formula is C15H21FN2O. The molecule has 0 bridgehead atoms. The minimum atomic E-state index is -0.339. The largest absolute Gasteiger partial charge is 0.313 e. The van der Waals surface area contributed by atoms with Crippen LogP contribution in [0.1, 0.15) is 32.6 Å². The number of carbonyl (C=O) groups is 1. The summed E-state index contributed by atoms with van der Waals surface area (Å²) < 4.78 is 13.8. The zero-order valence-corrected chi connectivity index (χ0v) is 11.4. The first-order valence-corrected chi connectivity index (χ1v) is 7.00. The number of piperidine rings is 1. The van der Waals surface area contributed by atoms with Crippen molar-refractivity contribution in [3.63, 3.8) is 0 Å². The van der Waals surface area contributed by atoms with Gasteiger partial charge in [0.15, 0.2) is 0 Å². The fraction of sp³-hybridized carbons (Fsp3) is 0.533. The maximum absolute atomic E-state index is 13.8. The van der Waals surface area contributed by atoms with Gasteiger partial charge in [0.25, 0.3) is 0 Å². The Hall–Kier alpha value is -1.42. The summed E-state index contributed by atoms with van der Waals surface area (Å²) in [5.74, 6) is -0.346. The molecule has 0 radical (unpaired) electrons. The summed E-state index contributed by atoms with van der Waals surface area (Å²) in [6.07, 6.45) is 3.81. The number of carbonyl (C=O) groups excluding carboxylic acids is 1. The first-order chi connectivity index (χ1) is 9.22. The second-order valence-electron chi connectivity index (χ2n) is 4.94. The van der Waals surface area contributed by atoms with Gasteiger partial charge in [-0.3, -0.25) is 4.79 Å². The number of hydrogen-bond donors (Lipinski definition) is 1. The molecule has 1 N–H and O–H groups in total. The topological polar surface area (TPSA) is 32.3 Å². The molecule has 104 valence electrons. The number of halogens is 1. The molecule has 0 aromatic heterocycles. The number of para-hydroxylation sites is 1. The summed E-state index contributed by atoms with van der Waals surface area (Å²) in [6, 6.07) is 6.68. The molecule has 1 atom stereocenters. The van der Waals surface area contributed by atoms with Crippen molar-refractivity contribution in [1.82, 2.24) is 5.32 Å². The quantitative estimate of drug-likeness (QED) is 0.907. The molecule has 1 fully saturated rings. The van der Waals surface area contributed by atoms with Crippen LogP contribution in [0.15, 0.2) is 24.3 Å². The van der Waals surface area contributed by atoms with Crippen LogP contribution in [-0.4, -0.2) is 25.0 Å². The highest BCUT2D eigenvalue weighted by molar-refractivity contribution is 5.93. The van der Waals surface area contributed by atoms with E-state index in [1.807, 2.05) is 6.92 Å². The highest BCUT2D eigenvalue weighted by atomic mass is 19.1. The first kappa shape index (κ1) is 14.0. The lowest BCUT2D eigenvalue weighted by atomic mass is 10.0. The van der Waals surface area contributed by atoms with Crippen LogP contribution in [0.3, 0.4) is 0 Å². The third kappa shape index (κ3) is 3.53. The Labute approximate surface area is 113 Å². The van der Waals surface area contributed by atoms with Crippen LogP contribution in [-0.2, 0) is 4.79 Å². The third-order valence-corrected chi connectivity index (χ3v) is 3.59. The number of hydrogen-bond acceptors (Lipinski definition) is 2. The molecule has 1 heterocycles. The highest BCUT2D eigenvalue weighted by Crippen LogP contribution is 2.20. The van der Waals surface area contributed by atoms with E-state index >= 15 is 0 Å².